The average molecular weight is 593 g/mol. The van der Waals surface area contributed by atoms with Crippen LogP contribution in [0.2, 0.25) is 5.02 Å². The third-order valence-corrected chi connectivity index (χ3v) is 5.11. The number of aromatic nitrogens is 1. The second-order valence-electron chi connectivity index (χ2n) is 7.82. The lowest BCUT2D eigenvalue weighted by molar-refractivity contribution is -0.359. The van der Waals surface area contributed by atoms with Crippen LogP contribution >= 0.6 is 11.6 Å². The second-order valence-corrected chi connectivity index (χ2v) is 8.26. The van der Waals surface area contributed by atoms with Crippen LogP contribution in [0.25, 0.3) is 0 Å². The molecule has 5 nitrogen and oxygen atoms in total. The Morgan fingerprint density at radius 1 is 0.821 bits per heavy atom. The van der Waals surface area contributed by atoms with Crippen molar-refractivity contribution in [3.05, 3.63) is 77.6 Å². The summed E-state index contributed by atoms with van der Waals surface area (Å²) in [7, 11) is 0. The van der Waals surface area contributed by atoms with Crippen LogP contribution in [0.15, 0.2) is 67.0 Å². The van der Waals surface area contributed by atoms with Gasteiger partial charge in [-0.2, -0.15) is 43.9 Å². The molecule has 16 heteroatoms. The number of aliphatic hydroxyl groups excluding tert-OH is 1. The topological polar surface area (TPSA) is 54.8 Å². The fourth-order valence-electron chi connectivity index (χ4n) is 2.98. The van der Waals surface area contributed by atoms with E-state index in [1.807, 2.05) is 0 Å². The van der Waals surface area contributed by atoms with Crippen molar-refractivity contribution >= 4 is 17.3 Å². The van der Waals surface area contributed by atoms with Gasteiger partial charge in [0, 0.05) is 23.9 Å². The van der Waals surface area contributed by atoms with Gasteiger partial charge in [0.2, 0.25) is 0 Å². The van der Waals surface area contributed by atoms with Crippen molar-refractivity contribution in [1.29, 1.82) is 0 Å². The van der Waals surface area contributed by atoms with E-state index in [-0.39, 0.29) is 34.3 Å². The maximum absolute atomic E-state index is 14.2. The third-order valence-electron chi connectivity index (χ3n) is 4.90. The van der Waals surface area contributed by atoms with Crippen LogP contribution in [0.1, 0.15) is 5.56 Å². The summed E-state index contributed by atoms with van der Waals surface area (Å²) in [5.74, 6) is -13.0. The van der Waals surface area contributed by atoms with Gasteiger partial charge in [-0.1, -0.05) is 29.8 Å². The summed E-state index contributed by atoms with van der Waals surface area (Å²) < 4.78 is 138. The van der Waals surface area contributed by atoms with Crippen LogP contribution in [0.4, 0.5) is 49.6 Å². The lowest BCUT2D eigenvalue weighted by Gasteiger charge is -2.30. The van der Waals surface area contributed by atoms with Gasteiger partial charge in [0.25, 0.3) is 0 Å². The number of rotatable bonds is 9. The number of pyridine rings is 1. The maximum atomic E-state index is 14.2. The monoisotopic (exact) mass is 592 g/mol. The van der Waals surface area contributed by atoms with Crippen molar-refractivity contribution < 1.29 is 58.6 Å². The van der Waals surface area contributed by atoms with Gasteiger partial charge in [-0.3, -0.25) is 4.98 Å². The minimum absolute atomic E-state index is 0.0169. The molecule has 1 aromatic heterocycles. The molecule has 0 fully saturated rings. The van der Waals surface area contributed by atoms with E-state index in [4.69, 9.17) is 21.2 Å². The molecule has 0 amide bonds. The first-order valence-electron chi connectivity index (χ1n) is 10.4. The quantitative estimate of drug-likeness (QED) is 0.206. The molecule has 2 aromatic carbocycles. The van der Waals surface area contributed by atoms with Crippen LogP contribution in [-0.2, 0) is 5.92 Å². The summed E-state index contributed by atoms with van der Waals surface area (Å²) in [6.07, 6.45) is -12.3. The second kappa shape index (κ2) is 11.0. The minimum atomic E-state index is -6.62. The van der Waals surface area contributed by atoms with Gasteiger partial charge in [-0.15, -0.1) is 0 Å². The van der Waals surface area contributed by atoms with E-state index in [1.54, 1.807) is 0 Å². The lowest BCUT2D eigenvalue weighted by atomic mass is 10.0. The highest BCUT2D eigenvalue weighted by molar-refractivity contribution is 6.30. The number of aliphatic hydroxyl groups is 1. The van der Waals surface area contributed by atoms with Gasteiger partial charge in [0.15, 0.2) is 11.9 Å². The van der Waals surface area contributed by atoms with Crippen molar-refractivity contribution in [3.63, 3.8) is 0 Å². The molecule has 1 heterocycles. The maximum Gasteiger partial charge on any atom is 0.460 e. The van der Waals surface area contributed by atoms with Crippen LogP contribution in [-0.4, -0.2) is 41.0 Å². The number of ether oxygens (including phenoxy) is 1. The zero-order valence-electron chi connectivity index (χ0n) is 19.0. The lowest BCUT2D eigenvalue weighted by Crippen LogP contribution is -2.50. The normalized spacial score (nSPS) is 13.6. The Morgan fingerprint density at radius 2 is 1.46 bits per heavy atom. The minimum Gasteiger partial charge on any atom is -0.456 e. The predicted molar refractivity (Wildman–Crippen MR) is 117 cm³/mol. The number of anilines is 1. The highest BCUT2D eigenvalue weighted by atomic mass is 35.5. The molecule has 39 heavy (non-hydrogen) atoms. The molecule has 0 aliphatic carbocycles. The zero-order valence-corrected chi connectivity index (χ0v) is 19.7. The van der Waals surface area contributed by atoms with Crippen molar-refractivity contribution in [3.8, 4) is 17.2 Å². The van der Waals surface area contributed by atoms with Crippen LogP contribution < -0.4 is 14.6 Å². The number of benzene rings is 2. The number of alkyl halides is 10. The number of hydrogen-bond donors (Lipinski definition) is 1. The molecule has 0 aliphatic heterocycles. The molecule has 0 radical (unpaired) electrons. The number of hydrogen-bond acceptors (Lipinski definition) is 5. The van der Waals surface area contributed by atoms with E-state index in [0.29, 0.717) is 11.1 Å². The molecule has 0 aliphatic rings. The van der Waals surface area contributed by atoms with Crippen molar-refractivity contribution in [2.75, 3.05) is 11.6 Å². The van der Waals surface area contributed by atoms with Crippen LogP contribution in [0.3, 0.4) is 0 Å². The van der Waals surface area contributed by atoms with Crippen molar-refractivity contribution in [2.24, 2.45) is 0 Å². The molecular weight excluding hydrogens is 578 g/mol. The molecule has 1 unspecified atom stereocenters. The molecular formula is C23H15ClF10N2O3. The fourth-order valence-corrected chi connectivity index (χ4v) is 3.14. The largest absolute Gasteiger partial charge is 0.460 e. The van der Waals surface area contributed by atoms with E-state index in [9.17, 15) is 49.0 Å². The number of halogens is 11. The van der Waals surface area contributed by atoms with E-state index in [2.05, 4.69) is 4.98 Å². The van der Waals surface area contributed by atoms with Crippen molar-refractivity contribution in [2.45, 2.75) is 30.3 Å². The molecule has 0 bridgehead atoms. The summed E-state index contributed by atoms with van der Waals surface area (Å²) in [5.41, 5.74) is -2.09. The van der Waals surface area contributed by atoms with Gasteiger partial charge in [0.05, 0.1) is 23.5 Å². The van der Waals surface area contributed by atoms with Gasteiger partial charge in [0.1, 0.15) is 11.5 Å². The first-order valence-corrected chi connectivity index (χ1v) is 10.8. The Balaban J connectivity index is 1.97. The first kappa shape index (κ1) is 30.1. The Bertz CT molecular complexity index is 1290. The molecule has 212 valence electrons. The summed E-state index contributed by atoms with van der Waals surface area (Å²) >= 11 is 5.81. The van der Waals surface area contributed by atoms with Gasteiger partial charge in [-0.25, -0.2) is 5.06 Å². The Morgan fingerprint density at radius 3 is 2.08 bits per heavy atom. The first-order chi connectivity index (χ1) is 17.9. The highest BCUT2D eigenvalue weighted by Gasteiger charge is 2.73. The Kier molecular flexibility index (Phi) is 8.46. The van der Waals surface area contributed by atoms with E-state index in [1.165, 1.54) is 30.6 Å². The van der Waals surface area contributed by atoms with Gasteiger partial charge >= 0.3 is 24.2 Å². The third kappa shape index (κ3) is 6.95. The Labute approximate surface area is 218 Å². The fraction of sp³-hybridized carbons (Fsp3) is 0.261. The summed E-state index contributed by atoms with van der Waals surface area (Å²) in [6.45, 7) is -1.37. The molecule has 1 atom stereocenters. The molecule has 0 saturated carbocycles. The highest BCUT2D eigenvalue weighted by Crippen LogP contribution is 2.52. The van der Waals surface area contributed by atoms with E-state index in [0.717, 1.165) is 18.2 Å². The van der Waals surface area contributed by atoms with E-state index < -0.39 is 48.2 Å². The smallest absolute Gasteiger partial charge is 0.456 e. The Hall–Kier alpha value is -3.46. The zero-order chi connectivity index (χ0) is 29.2. The number of nitrogens with zero attached hydrogens (tertiary/aromatic N) is 2. The standard InChI is InChI=1S/C23H15ClF10N2O3/c24-14-8-18(11-35-10-14)38-16-5-2-4-15(9-16)36(12-19(37)21(27,28)29)39-17-6-1-3-13(7-17)20(25,26)22(30,31)23(32,33)34/h1-11,19,37H,12H2. The SMILES string of the molecule is OC(CN(Oc1cccc(C(F)(F)C(F)(F)C(F)(F)F)c1)c1cccc(Oc2cncc(Cl)c2)c1)C(F)(F)F. The van der Waals surface area contributed by atoms with Gasteiger partial charge < -0.3 is 14.7 Å². The molecule has 1 N–H and O–H groups in total. The molecule has 0 spiro atoms. The summed E-state index contributed by atoms with van der Waals surface area (Å²) in [5, 5.41) is 10.1. The predicted octanol–water partition coefficient (Wildman–Crippen LogP) is 7.54. The van der Waals surface area contributed by atoms with E-state index >= 15 is 0 Å². The summed E-state index contributed by atoms with van der Waals surface area (Å²) in [4.78, 5) is 8.93. The van der Waals surface area contributed by atoms with Crippen LogP contribution in [0.5, 0.6) is 17.2 Å². The van der Waals surface area contributed by atoms with Crippen LogP contribution in [0, 0.1) is 0 Å². The summed E-state index contributed by atoms with van der Waals surface area (Å²) in [6, 6.07) is 8.04. The average Bonchev–Trinajstić information content (AvgIpc) is 2.82. The molecule has 3 rings (SSSR count). The molecule has 3 aromatic rings. The molecule has 0 saturated heterocycles. The van der Waals surface area contributed by atoms with Gasteiger partial charge in [-0.05, 0) is 24.3 Å². The number of hydroxylamine groups is 1. The van der Waals surface area contributed by atoms with Crippen molar-refractivity contribution in [1.82, 2.24) is 4.98 Å².